The highest BCUT2D eigenvalue weighted by Crippen LogP contribution is 2.16. The number of nitrogens with zero attached hydrogens (tertiary/aromatic N) is 1. The number of carbonyl (C=O) groups is 1. The molecule has 0 saturated carbocycles. The average molecular weight is 269 g/mol. The minimum absolute atomic E-state index is 0.0680. The Balaban J connectivity index is 2.12. The summed E-state index contributed by atoms with van der Waals surface area (Å²) < 4.78 is 0. The van der Waals surface area contributed by atoms with E-state index in [0.29, 0.717) is 5.56 Å². The summed E-state index contributed by atoms with van der Waals surface area (Å²) in [6, 6.07) is 9.45. The van der Waals surface area contributed by atoms with Crippen LogP contribution in [-0.4, -0.2) is 17.9 Å². The van der Waals surface area contributed by atoms with Crippen LogP contribution in [0.3, 0.4) is 0 Å². The maximum atomic E-state index is 12.3. The molecule has 1 aromatic carbocycles. The van der Waals surface area contributed by atoms with Crippen LogP contribution in [0.5, 0.6) is 0 Å². The highest BCUT2D eigenvalue weighted by Gasteiger charge is 2.13. The number of benzene rings is 1. The molecular weight excluding hydrogens is 250 g/mol. The van der Waals surface area contributed by atoms with Crippen LogP contribution in [0, 0.1) is 6.92 Å². The molecular formula is C16H19N3O. The third-order valence-corrected chi connectivity index (χ3v) is 3.29. The van der Waals surface area contributed by atoms with Crippen LogP contribution in [0.15, 0.2) is 42.7 Å². The maximum Gasteiger partial charge on any atom is 0.252 e. The first-order valence-electron chi connectivity index (χ1n) is 6.61. The van der Waals surface area contributed by atoms with Gasteiger partial charge in [0.25, 0.3) is 5.91 Å². The largest absolute Gasteiger partial charge is 0.388 e. The van der Waals surface area contributed by atoms with Crippen LogP contribution in [-0.2, 0) is 0 Å². The van der Waals surface area contributed by atoms with Crippen molar-refractivity contribution in [3.05, 3.63) is 59.4 Å². The molecule has 1 atom stereocenters. The second kappa shape index (κ2) is 6.19. The number of hydrogen-bond acceptors (Lipinski definition) is 3. The van der Waals surface area contributed by atoms with Gasteiger partial charge in [0.05, 0.1) is 6.04 Å². The van der Waals surface area contributed by atoms with E-state index in [1.807, 2.05) is 51.2 Å². The molecule has 1 unspecified atom stereocenters. The lowest BCUT2D eigenvalue weighted by Gasteiger charge is -2.15. The normalized spacial score (nSPS) is 11.8. The predicted octanol–water partition coefficient (Wildman–Crippen LogP) is 2.92. The lowest BCUT2D eigenvalue weighted by atomic mass is 10.1. The van der Waals surface area contributed by atoms with Gasteiger partial charge >= 0.3 is 0 Å². The van der Waals surface area contributed by atoms with E-state index in [2.05, 4.69) is 15.6 Å². The number of pyridine rings is 1. The summed E-state index contributed by atoms with van der Waals surface area (Å²) in [5.74, 6) is -0.0680. The molecule has 2 rings (SSSR count). The van der Waals surface area contributed by atoms with Crippen molar-refractivity contribution in [2.75, 3.05) is 12.4 Å². The first-order chi connectivity index (χ1) is 9.61. The molecule has 0 aliphatic rings. The molecule has 4 nitrogen and oxygen atoms in total. The second-order valence-corrected chi connectivity index (χ2v) is 4.76. The van der Waals surface area contributed by atoms with Crippen molar-refractivity contribution >= 4 is 11.6 Å². The second-order valence-electron chi connectivity index (χ2n) is 4.76. The molecule has 0 spiro atoms. The fourth-order valence-electron chi connectivity index (χ4n) is 2.06. The van der Waals surface area contributed by atoms with Gasteiger partial charge in [-0.2, -0.15) is 0 Å². The summed E-state index contributed by atoms with van der Waals surface area (Å²) in [4.78, 5) is 16.4. The zero-order valence-corrected chi connectivity index (χ0v) is 12.0. The summed E-state index contributed by atoms with van der Waals surface area (Å²) in [6.07, 6.45) is 3.49. The molecule has 0 aliphatic carbocycles. The van der Waals surface area contributed by atoms with Crippen LogP contribution in [0.2, 0.25) is 0 Å². The fourth-order valence-corrected chi connectivity index (χ4v) is 2.06. The number of amides is 1. The molecule has 0 fully saturated rings. The lowest BCUT2D eigenvalue weighted by Crippen LogP contribution is -2.27. The third kappa shape index (κ3) is 3.15. The van der Waals surface area contributed by atoms with E-state index in [0.717, 1.165) is 16.8 Å². The Morgan fingerprint density at radius 3 is 2.70 bits per heavy atom. The van der Waals surface area contributed by atoms with Gasteiger partial charge in [0.15, 0.2) is 0 Å². The van der Waals surface area contributed by atoms with Gasteiger partial charge in [-0.1, -0.05) is 6.07 Å². The van der Waals surface area contributed by atoms with Crippen molar-refractivity contribution in [1.29, 1.82) is 0 Å². The number of hydrogen-bond donors (Lipinski definition) is 2. The molecule has 0 bridgehead atoms. The fraction of sp³-hybridized carbons (Fsp3) is 0.250. The molecule has 1 heterocycles. The molecule has 20 heavy (non-hydrogen) atoms. The summed E-state index contributed by atoms with van der Waals surface area (Å²) in [7, 11) is 1.86. The van der Waals surface area contributed by atoms with Crippen LogP contribution in [0.1, 0.15) is 34.5 Å². The van der Waals surface area contributed by atoms with E-state index in [1.165, 1.54) is 0 Å². The number of carbonyl (C=O) groups excluding carboxylic acids is 1. The molecule has 104 valence electrons. The molecule has 4 heteroatoms. The molecule has 2 aromatic rings. The van der Waals surface area contributed by atoms with Gasteiger partial charge in [-0.25, -0.2) is 0 Å². The van der Waals surface area contributed by atoms with Crippen molar-refractivity contribution in [2.45, 2.75) is 19.9 Å². The van der Waals surface area contributed by atoms with Gasteiger partial charge in [0.1, 0.15) is 0 Å². The number of nitrogens with one attached hydrogen (secondary N) is 2. The Hall–Kier alpha value is -2.36. The summed E-state index contributed by atoms with van der Waals surface area (Å²) >= 11 is 0. The predicted molar refractivity (Wildman–Crippen MR) is 80.8 cm³/mol. The van der Waals surface area contributed by atoms with E-state index in [4.69, 9.17) is 0 Å². The van der Waals surface area contributed by atoms with E-state index >= 15 is 0 Å². The minimum Gasteiger partial charge on any atom is -0.388 e. The third-order valence-electron chi connectivity index (χ3n) is 3.29. The van der Waals surface area contributed by atoms with Crippen molar-refractivity contribution in [2.24, 2.45) is 0 Å². The van der Waals surface area contributed by atoms with E-state index in [1.54, 1.807) is 12.4 Å². The monoisotopic (exact) mass is 269 g/mol. The minimum atomic E-state index is -0.0698. The van der Waals surface area contributed by atoms with Gasteiger partial charge in [-0.05, 0) is 49.2 Å². The number of rotatable bonds is 4. The molecule has 2 N–H and O–H groups in total. The molecule has 0 saturated heterocycles. The van der Waals surface area contributed by atoms with Crippen molar-refractivity contribution in [3.63, 3.8) is 0 Å². The summed E-state index contributed by atoms with van der Waals surface area (Å²) in [6.45, 7) is 3.89. The topological polar surface area (TPSA) is 54.0 Å². The first-order valence-corrected chi connectivity index (χ1v) is 6.61. The molecule has 0 aliphatic heterocycles. The molecule has 1 amide bonds. The molecule has 1 aromatic heterocycles. The Morgan fingerprint density at radius 2 is 2.10 bits per heavy atom. The van der Waals surface area contributed by atoms with Crippen LogP contribution < -0.4 is 10.6 Å². The average Bonchev–Trinajstić information content (AvgIpc) is 2.47. The standard InChI is InChI=1S/C16H19N3O/c1-11-9-14(17-3)6-7-15(11)16(20)19-12(2)13-5-4-8-18-10-13/h4-10,12,17H,1-3H3,(H,19,20). The van der Waals surface area contributed by atoms with Crippen molar-refractivity contribution in [1.82, 2.24) is 10.3 Å². The Bertz CT molecular complexity index is 596. The zero-order chi connectivity index (χ0) is 14.5. The molecule has 0 radical (unpaired) electrons. The van der Waals surface area contributed by atoms with Gasteiger partial charge in [-0.3, -0.25) is 9.78 Å². The van der Waals surface area contributed by atoms with Crippen LogP contribution in [0.4, 0.5) is 5.69 Å². The highest BCUT2D eigenvalue weighted by molar-refractivity contribution is 5.96. The SMILES string of the molecule is CNc1ccc(C(=O)NC(C)c2cccnc2)c(C)c1. The summed E-state index contributed by atoms with van der Waals surface area (Å²) in [5, 5.41) is 6.05. The summed E-state index contributed by atoms with van der Waals surface area (Å²) in [5.41, 5.74) is 3.64. The first kappa shape index (κ1) is 14.1. The Morgan fingerprint density at radius 1 is 1.30 bits per heavy atom. The van der Waals surface area contributed by atoms with Crippen molar-refractivity contribution < 1.29 is 4.79 Å². The van der Waals surface area contributed by atoms with Gasteiger partial charge in [0.2, 0.25) is 0 Å². The van der Waals surface area contributed by atoms with Gasteiger partial charge in [0, 0.05) is 30.7 Å². The van der Waals surface area contributed by atoms with E-state index < -0.39 is 0 Å². The van der Waals surface area contributed by atoms with E-state index in [-0.39, 0.29) is 11.9 Å². The quantitative estimate of drug-likeness (QED) is 0.897. The highest BCUT2D eigenvalue weighted by atomic mass is 16.1. The van der Waals surface area contributed by atoms with Crippen LogP contribution in [0.25, 0.3) is 0 Å². The van der Waals surface area contributed by atoms with Crippen molar-refractivity contribution in [3.8, 4) is 0 Å². The zero-order valence-electron chi connectivity index (χ0n) is 12.0. The lowest BCUT2D eigenvalue weighted by molar-refractivity contribution is 0.0939. The van der Waals surface area contributed by atoms with E-state index in [9.17, 15) is 4.79 Å². The smallest absolute Gasteiger partial charge is 0.252 e. The number of aryl methyl sites for hydroxylation is 1. The Labute approximate surface area is 119 Å². The van der Waals surface area contributed by atoms with Crippen LogP contribution >= 0.6 is 0 Å². The van der Waals surface area contributed by atoms with Gasteiger partial charge < -0.3 is 10.6 Å². The van der Waals surface area contributed by atoms with Gasteiger partial charge in [-0.15, -0.1) is 0 Å². The number of aromatic nitrogens is 1. The Kier molecular flexibility index (Phi) is 4.35. The maximum absolute atomic E-state index is 12.3. The number of anilines is 1.